The van der Waals surface area contributed by atoms with Crippen LogP contribution < -0.4 is 9.47 Å². The van der Waals surface area contributed by atoms with Crippen molar-refractivity contribution in [2.45, 2.75) is 0 Å². The number of hydrogen-bond donors (Lipinski definition) is 1. The number of hydrogen-bond acceptors (Lipinski definition) is 5. The summed E-state index contributed by atoms with van der Waals surface area (Å²) in [5.41, 5.74) is 0.513. The van der Waals surface area contributed by atoms with E-state index in [4.69, 9.17) is 19.3 Å². The summed E-state index contributed by atoms with van der Waals surface area (Å²) in [4.78, 5) is 13.9. The number of carbonyl (C=O) groups is 1. The van der Waals surface area contributed by atoms with Crippen molar-refractivity contribution in [3.05, 3.63) is 23.8 Å². The van der Waals surface area contributed by atoms with Gasteiger partial charge in [-0.2, -0.15) is 0 Å². The summed E-state index contributed by atoms with van der Waals surface area (Å²) in [6.07, 6.45) is 0. The molecule has 0 fully saturated rings. The minimum absolute atomic E-state index is 0.0833. The average Bonchev–Trinajstić information content (AvgIpc) is 2.50. The lowest BCUT2D eigenvalue weighted by atomic mass is 10.1. The van der Waals surface area contributed by atoms with Crippen molar-refractivity contribution in [3.8, 4) is 11.5 Å². The molecule has 1 amide bonds. The Morgan fingerprint density at radius 2 is 2.05 bits per heavy atom. The van der Waals surface area contributed by atoms with E-state index < -0.39 is 0 Å². The zero-order chi connectivity index (χ0) is 14.4. The van der Waals surface area contributed by atoms with Gasteiger partial charge in [-0.25, -0.2) is 0 Å². The van der Waals surface area contributed by atoms with Gasteiger partial charge < -0.3 is 24.2 Å². The molecule has 2 rings (SSSR count). The van der Waals surface area contributed by atoms with Crippen LogP contribution in [-0.2, 0) is 4.74 Å². The number of aliphatic hydroxyl groups excluding tert-OH is 1. The first-order valence-electron chi connectivity index (χ1n) is 6.55. The van der Waals surface area contributed by atoms with Crippen LogP contribution in [0.15, 0.2) is 18.2 Å². The van der Waals surface area contributed by atoms with Crippen LogP contribution >= 0.6 is 0 Å². The molecule has 6 nitrogen and oxygen atoms in total. The van der Waals surface area contributed by atoms with Crippen LogP contribution in [0.1, 0.15) is 10.4 Å². The van der Waals surface area contributed by atoms with Gasteiger partial charge in [-0.3, -0.25) is 4.79 Å². The highest BCUT2D eigenvalue weighted by atomic mass is 16.6. The second-order valence-electron chi connectivity index (χ2n) is 4.37. The van der Waals surface area contributed by atoms with Crippen LogP contribution in [-0.4, -0.2) is 62.5 Å². The Balaban J connectivity index is 2.13. The van der Waals surface area contributed by atoms with Gasteiger partial charge in [-0.1, -0.05) is 0 Å². The Kier molecular flexibility index (Phi) is 5.20. The molecular formula is C14H19NO5. The summed E-state index contributed by atoms with van der Waals surface area (Å²) in [5, 5.41) is 9.04. The molecule has 0 saturated carbocycles. The van der Waals surface area contributed by atoms with Crippen LogP contribution in [0, 0.1) is 0 Å². The second-order valence-corrected chi connectivity index (χ2v) is 4.37. The number of ether oxygens (including phenoxy) is 3. The number of nitrogens with zero attached hydrogens (tertiary/aromatic N) is 1. The predicted molar refractivity (Wildman–Crippen MR) is 72.3 cm³/mol. The van der Waals surface area contributed by atoms with E-state index in [1.807, 2.05) is 0 Å². The summed E-state index contributed by atoms with van der Waals surface area (Å²) in [6, 6.07) is 5.11. The van der Waals surface area contributed by atoms with Gasteiger partial charge in [0.2, 0.25) is 0 Å². The van der Waals surface area contributed by atoms with E-state index in [0.29, 0.717) is 43.4 Å². The van der Waals surface area contributed by atoms with Gasteiger partial charge in [0.25, 0.3) is 5.91 Å². The van der Waals surface area contributed by atoms with Gasteiger partial charge >= 0.3 is 0 Å². The fraction of sp³-hybridized carbons (Fsp3) is 0.500. The molecule has 0 radical (unpaired) electrons. The van der Waals surface area contributed by atoms with Gasteiger partial charge in [-0.15, -0.1) is 0 Å². The molecular weight excluding hydrogens is 262 g/mol. The van der Waals surface area contributed by atoms with Crippen LogP contribution in [0.2, 0.25) is 0 Å². The fourth-order valence-corrected chi connectivity index (χ4v) is 2.00. The number of rotatable bonds is 6. The Labute approximate surface area is 117 Å². The summed E-state index contributed by atoms with van der Waals surface area (Å²) in [6.45, 7) is 2.05. The van der Waals surface area contributed by atoms with Crippen LogP contribution in [0.4, 0.5) is 0 Å². The first-order chi connectivity index (χ1) is 9.76. The number of fused-ring (bicyclic) bond motifs is 1. The molecule has 110 valence electrons. The van der Waals surface area contributed by atoms with E-state index in [9.17, 15) is 4.79 Å². The van der Waals surface area contributed by atoms with Crippen molar-refractivity contribution in [1.29, 1.82) is 0 Å². The van der Waals surface area contributed by atoms with Crippen molar-refractivity contribution in [2.24, 2.45) is 0 Å². The third kappa shape index (κ3) is 3.40. The van der Waals surface area contributed by atoms with Crippen LogP contribution in [0.5, 0.6) is 11.5 Å². The van der Waals surface area contributed by atoms with E-state index in [1.54, 1.807) is 30.2 Å². The molecule has 6 heteroatoms. The molecule has 1 aliphatic rings. The normalized spacial score (nSPS) is 13.1. The zero-order valence-electron chi connectivity index (χ0n) is 11.5. The fourth-order valence-electron chi connectivity index (χ4n) is 2.00. The highest BCUT2D eigenvalue weighted by Gasteiger charge is 2.19. The zero-order valence-corrected chi connectivity index (χ0v) is 11.5. The van der Waals surface area contributed by atoms with E-state index >= 15 is 0 Å². The standard InChI is InChI=1S/C14H19NO5/c1-18-7-5-15(4-6-16)14(17)11-2-3-12-13(10-11)20-9-8-19-12/h2-3,10,16H,4-9H2,1H3. The molecule has 1 aliphatic heterocycles. The summed E-state index contributed by atoms with van der Waals surface area (Å²) >= 11 is 0. The maximum absolute atomic E-state index is 12.4. The topological polar surface area (TPSA) is 68.2 Å². The quantitative estimate of drug-likeness (QED) is 0.824. The van der Waals surface area contributed by atoms with Gasteiger partial charge in [0, 0.05) is 25.8 Å². The molecule has 1 aromatic carbocycles. The molecule has 0 saturated heterocycles. The molecule has 0 spiro atoms. The number of amides is 1. The number of methoxy groups -OCH3 is 1. The maximum atomic E-state index is 12.4. The molecule has 1 heterocycles. The van der Waals surface area contributed by atoms with Crippen molar-refractivity contribution in [1.82, 2.24) is 4.90 Å². The van der Waals surface area contributed by atoms with Gasteiger partial charge in [0.1, 0.15) is 13.2 Å². The summed E-state index contributed by atoms with van der Waals surface area (Å²) < 4.78 is 15.9. The van der Waals surface area contributed by atoms with Gasteiger partial charge in [0.15, 0.2) is 11.5 Å². The summed E-state index contributed by atoms with van der Waals surface area (Å²) in [5.74, 6) is 1.07. The molecule has 0 aromatic heterocycles. The number of benzene rings is 1. The number of carbonyl (C=O) groups excluding carboxylic acids is 1. The Morgan fingerprint density at radius 1 is 1.30 bits per heavy atom. The van der Waals surface area contributed by atoms with Crippen LogP contribution in [0.25, 0.3) is 0 Å². The smallest absolute Gasteiger partial charge is 0.254 e. The second kappa shape index (κ2) is 7.12. The lowest BCUT2D eigenvalue weighted by Crippen LogP contribution is -2.36. The average molecular weight is 281 g/mol. The van der Waals surface area contributed by atoms with E-state index in [-0.39, 0.29) is 19.1 Å². The molecule has 1 aromatic rings. The van der Waals surface area contributed by atoms with E-state index in [0.717, 1.165) is 0 Å². The molecule has 20 heavy (non-hydrogen) atoms. The summed E-state index contributed by atoms with van der Waals surface area (Å²) in [7, 11) is 1.58. The highest BCUT2D eigenvalue weighted by Crippen LogP contribution is 2.31. The van der Waals surface area contributed by atoms with Crippen LogP contribution in [0.3, 0.4) is 0 Å². The molecule has 0 atom stereocenters. The minimum atomic E-state index is -0.159. The van der Waals surface area contributed by atoms with E-state index in [1.165, 1.54) is 0 Å². The van der Waals surface area contributed by atoms with Crippen molar-refractivity contribution >= 4 is 5.91 Å². The first-order valence-corrected chi connectivity index (χ1v) is 6.55. The van der Waals surface area contributed by atoms with Gasteiger partial charge in [0.05, 0.1) is 13.2 Å². The third-order valence-electron chi connectivity index (χ3n) is 3.01. The molecule has 0 unspecified atom stereocenters. The monoisotopic (exact) mass is 281 g/mol. The lowest BCUT2D eigenvalue weighted by molar-refractivity contribution is 0.0655. The van der Waals surface area contributed by atoms with E-state index in [2.05, 4.69) is 0 Å². The highest BCUT2D eigenvalue weighted by molar-refractivity contribution is 5.95. The predicted octanol–water partition coefficient (Wildman–Crippen LogP) is 0.539. The first kappa shape index (κ1) is 14.6. The Morgan fingerprint density at radius 3 is 2.75 bits per heavy atom. The molecule has 0 bridgehead atoms. The van der Waals surface area contributed by atoms with Crippen molar-refractivity contribution in [2.75, 3.05) is 46.6 Å². The largest absolute Gasteiger partial charge is 0.486 e. The maximum Gasteiger partial charge on any atom is 0.254 e. The SMILES string of the molecule is COCCN(CCO)C(=O)c1ccc2c(c1)OCCO2. The third-order valence-corrected chi connectivity index (χ3v) is 3.01. The molecule has 0 aliphatic carbocycles. The number of aliphatic hydroxyl groups is 1. The lowest BCUT2D eigenvalue weighted by Gasteiger charge is -2.23. The van der Waals surface area contributed by atoms with Gasteiger partial charge in [-0.05, 0) is 18.2 Å². The Hall–Kier alpha value is -1.79. The van der Waals surface area contributed by atoms with Crippen molar-refractivity contribution < 1.29 is 24.1 Å². The Bertz CT molecular complexity index is 463. The minimum Gasteiger partial charge on any atom is -0.486 e. The van der Waals surface area contributed by atoms with Crippen molar-refractivity contribution in [3.63, 3.8) is 0 Å². The molecule has 1 N–H and O–H groups in total.